The van der Waals surface area contributed by atoms with E-state index in [0.29, 0.717) is 5.56 Å². The van der Waals surface area contributed by atoms with Gasteiger partial charge < -0.3 is 4.74 Å². The minimum absolute atomic E-state index is 0.0991. The van der Waals surface area contributed by atoms with Gasteiger partial charge in [-0.05, 0) is 54.2 Å². The molecule has 3 aromatic rings. The van der Waals surface area contributed by atoms with Gasteiger partial charge in [0.25, 0.3) is 5.69 Å². The van der Waals surface area contributed by atoms with Gasteiger partial charge >= 0.3 is 5.97 Å². The fraction of sp³-hybridized carbons (Fsp3) is 0.320. The lowest BCUT2D eigenvalue weighted by Gasteiger charge is -2.32. The second kappa shape index (κ2) is 9.06. The van der Waals surface area contributed by atoms with Crippen LogP contribution in [0.15, 0.2) is 60.7 Å². The summed E-state index contributed by atoms with van der Waals surface area (Å²) in [6, 6.07) is 18.9. The Morgan fingerprint density at radius 3 is 2.55 bits per heavy atom. The average Bonchev–Trinajstić information content (AvgIpc) is 2.78. The van der Waals surface area contributed by atoms with Crippen LogP contribution in [0.2, 0.25) is 5.02 Å². The number of nitrogens with zero attached hydrogens (tertiary/aromatic N) is 1. The number of halogens is 1. The fourth-order valence-electron chi connectivity index (χ4n) is 4.42. The summed E-state index contributed by atoms with van der Waals surface area (Å²) in [5, 5.41) is 13.5. The molecule has 0 heterocycles. The van der Waals surface area contributed by atoms with E-state index >= 15 is 0 Å². The second-order valence-electron chi connectivity index (χ2n) is 8.16. The SMILES string of the molecule is C[C@@H](C(=O)O[C@@H]1CCCC[C@H]1c1ccc2ccccc2c1)c1ccc([N+](=O)[O-])cc1Cl. The Morgan fingerprint density at radius 2 is 1.81 bits per heavy atom. The van der Waals surface area contributed by atoms with Crippen LogP contribution in [-0.2, 0) is 9.53 Å². The molecular formula is C25H24ClNO4. The number of nitro groups is 1. The van der Waals surface area contributed by atoms with Gasteiger partial charge in [-0.25, -0.2) is 0 Å². The van der Waals surface area contributed by atoms with Gasteiger partial charge in [-0.1, -0.05) is 60.5 Å². The van der Waals surface area contributed by atoms with Crippen LogP contribution in [0, 0.1) is 10.1 Å². The van der Waals surface area contributed by atoms with E-state index in [1.54, 1.807) is 6.92 Å². The highest BCUT2D eigenvalue weighted by Gasteiger charge is 2.32. The molecule has 1 fully saturated rings. The number of nitro benzene ring substituents is 1. The first-order valence-electron chi connectivity index (χ1n) is 10.6. The molecule has 3 aromatic carbocycles. The molecule has 6 heteroatoms. The maximum absolute atomic E-state index is 13.0. The first-order valence-corrected chi connectivity index (χ1v) is 10.9. The third-order valence-corrected chi connectivity index (χ3v) is 6.51. The number of benzene rings is 3. The minimum Gasteiger partial charge on any atom is -0.461 e. The Kier molecular flexibility index (Phi) is 6.23. The molecule has 0 saturated heterocycles. The number of fused-ring (bicyclic) bond motifs is 1. The van der Waals surface area contributed by atoms with Crippen LogP contribution in [0.1, 0.15) is 55.6 Å². The lowest BCUT2D eigenvalue weighted by Crippen LogP contribution is -2.30. The normalized spacial score (nSPS) is 19.7. The molecule has 0 spiro atoms. The van der Waals surface area contributed by atoms with Crippen molar-refractivity contribution in [1.82, 2.24) is 0 Å². The molecule has 0 N–H and O–H groups in total. The number of carbonyl (C=O) groups excluding carboxylic acids is 1. The number of carbonyl (C=O) groups is 1. The Bertz CT molecular complexity index is 1130. The van der Waals surface area contributed by atoms with Crippen molar-refractivity contribution in [3.63, 3.8) is 0 Å². The van der Waals surface area contributed by atoms with E-state index in [1.165, 1.54) is 34.5 Å². The number of hydrogen-bond donors (Lipinski definition) is 0. The topological polar surface area (TPSA) is 69.4 Å². The van der Waals surface area contributed by atoms with E-state index < -0.39 is 10.8 Å². The van der Waals surface area contributed by atoms with Crippen LogP contribution in [0.4, 0.5) is 5.69 Å². The van der Waals surface area contributed by atoms with Crippen molar-refractivity contribution in [2.24, 2.45) is 0 Å². The van der Waals surface area contributed by atoms with Crippen molar-refractivity contribution >= 4 is 34.0 Å². The monoisotopic (exact) mass is 437 g/mol. The van der Waals surface area contributed by atoms with Crippen LogP contribution in [0.5, 0.6) is 0 Å². The molecular weight excluding hydrogens is 414 g/mol. The Labute approximate surface area is 186 Å². The van der Waals surface area contributed by atoms with Crippen molar-refractivity contribution in [2.75, 3.05) is 0 Å². The first kappa shape index (κ1) is 21.3. The maximum atomic E-state index is 13.0. The zero-order valence-corrected chi connectivity index (χ0v) is 18.0. The summed E-state index contributed by atoms with van der Waals surface area (Å²) in [6.07, 6.45) is 3.73. The van der Waals surface area contributed by atoms with Crippen LogP contribution in [0.3, 0.4) is 0 Å². The summed E-state index contributed by atoms with van der Waals surface area (Å²) in [7, 11) is 0. The molecule has 1 saturated carbocycles. The molecule has 1 aliphatic carbocycles. The van der Waals surface area contributed by atoms with Gasteiger partial charge in [0.2, 0.25) is 0 Å². The van der Waals surface area contributed by atoms with Crippen molar-refractivity contribution in [3.8, 4) is 0 Å². The summed E-state index contributed by atoms with van der Waals surface area (Å²) in [4.78, 5) is 23.4. The number of esters is 1. The van der Waals surface area contributed by atoms with E-state index in [2.05, 4.69) is 30.3 Å². The van der Waals surface area contributed by atoms with Crippen molar-refractivity contribution in [3.05, 3.63) is 86.9 Å². The Balaban J connectivity index is 1.53. The third-order valence-electron chi connectivity index (χ3n) is 6.19. The zero-order chi connectivity index (χ0) is 22.0. The van der Waals surface area contributed by atoms with Crippen LogP contribution in [-0.4, -0.2) is 17.0 Å². The summed E-state index contributed by atoms with van der Waals surface area (Å²) in [5.74, 6) is -0.803. The maximum Gasteiger partial charge on any atom is 0.313 e. The number of hydrogen-bond acceptors (Lipinski definition) is 4. The molecule has 0 aromatic heterocycles. The van der Waals surface area contributed by atoms with Gasteiger partial charge in [0.1, 0.15) is 6.10 Å². The van der Waals surface area contributed by atoms with Gasteiger partial charge in [0.05, 0.1) is 15.9 Å². The highest BCUT2D eigenvalue weighted by molar-refractivity contribution is 6.31. The van der Waals surface area contributed by atoms with Gasteiger partial charge in [-0.15, -0.1) is 0 Å². The quantitative estimate of drug-likeness (QED) is 0.251. The number of ether oxygens (including phenoxy) is 1. The summed E-state index contributed by atoms with van der Waals surface area (Å²) in [5.41, 5.74) is 1.63. The third kappa shape index (κ3) is 4.57. The minimum atomic E-state index is -0.604. The van der Waals surface area contributed by atoms with Crippen molar-refractivity contribution < 1.29 is 14.5 Å². The summed E-state index contributed by atoms with van der Waals surface area (Å²) in [6.45, 7) is 1.73. The second-order valence-corrected chi connectivity index (χ2v) is 8.56. The lowest BCUT2D eigenvalue weighted by atomic mass is 9.81. The predicted molar refractivity (Wildman–Crippen MR) is 122 cm³/mol. The molecule has 0 radical (unpaired) electrons. The number of non-ortho nitro benzene ring substituents is 1. The van der Waals surface area contributed by atoms with Gasteiger partial charge in [-0.2, -0.15) is 0 Å². The van der Waals surface area contributed by atoms with Gasteiger partial charge in [0, 0.05) is 18.1 Å². The van der Waals surface area contributed by atoms with Crippen molar-refractivity contribution in [1.29, 1.82) is 0 Å². The zero-order valence-electron chi connectivity index (χ0n) is 17.3. The van der Waals surface area contributed by atoms with Gasteiger partial charge in [0.15, 0.2) is 0 Å². The fourth-order valence-corrected chi connectivity index (χ4v) is 4.76. The standard InChI is InChI=1S/C25H24ClNO4/c1-16(21-13-12-20(27(29)30)15-23(21)26)25(28)31-24-9-5-4-8-22(24)19-11-10-17-6-2-3-7-18(17)14-19/h2-3,6-7,10-16,22,24H,4-5,8-9H2,1H3/t16-,22+,24-/m1/s1. The molecule has 3 atom stereocenters. The van der Waals surface area contributed by atoms with E-state index in [1.807, 2.05) is 12.1 Å². The Hall–Kier alpha value is -2.92. The lowest BCUT2D eigenvalue weighted by molar-refractivity contribution is -0.384. The number of rotatable bonds is 5. The molecule has 0 bridgehead atoms. The van der Waals surface area contributed by atoms with Crippen LogP contribution < -0.4 is 0 Å². The van der Waals surface area contributed by atoms with Crippen LogP contribution in [0.25, 0.3) is 10.8 Å². The average molecular weight is 438 g/mol. The summed E-state index contributed by atoms with van der Waals surface area (Å²) < 4.78 is 5.99. The molecule has 0 unspecified atom stereocenters. The smallest absolute Gasteiger partial charge is 0.313 e. The van der Waals surface area contributed by atoms with E-state index in [9.17, 15) is 14.9 Å². The molecule has 160 valence electrons. The first-order chi connectivity index (χ1) is 14.9. The van der Waals surface area contributed by atoms with Crippen molar-refractivity contribution in [2.45, 2.75) is 50.5 Å². The van der Waals surface area contributed by atoms with Gasteiger partial charge in [-0.3, -0.25) is 14.9 Å². The molecule has 1 aliphatic rings. The molecule has 31 heavy (non-hydrogen) atoms. The molecule has 5 nitrogen and oxygen atoms in total. The highest BCUT2D eigenvalue weighted by Crippen LogP contribution is 2.37. The Morgan fingerprint density at radius 1 is 1.06 bits per heavy atom. The predicted octanol–water partition coefficient (Wildman–Crippen LogP) is 6.77. The molecule has 0 aliphatic heterocycles. The van der Waals surface area contributed by atoms with E-state index in [-0.39, 0.29) is 28.7 Å². The van der Waals surface area contributed by atoms with E-state index in [0.717, 1.165) is 25.7 Å². The summed E-state index contributed by atoms with van der Waals surface area (Å²) >= 11 is 6.22. The largest absolute Gasteiger partial charge is 0.461 e. The molecule has 0 amide bonds. The van der Waals surface area contributed by atoms with E-state index in [4.69, 9.17) is 16.3 Å². The molecule has 4 rings (SSSR count). The van der Waals surface area contributed by atoms with Crippen LogP contribution >= 0.6 is 11.6 Å². The highest BCUT2D eigenvalue weighted by atomic mass is 35.5.